The van der Waals surface area contributed by atoms with Gasteiger partial charge in [0.2, 0.25) is 5.82 Å². The number of amides is 1. The van der Waals surface area contributed by atoms with Crippen molar-refractivity contribution in [2.24, 2.45) is 0 Å². The molecule has 11 heteroatoms. The zero-order valence-electron chi connectivity index (χ0n) is 21.6. The highest BCUT2D eigenvalue weighted by atomic mass is 35.5. The predicted molar refractivity (Wildman–Crippen MR) is 149 cm³/mol. The van der Waals surface area contributed by atoms with Crippen molar-refractivity contribution in [3.63, 3.8) is 0 Å². The maximum atomic E-state index is 12.8. The van der Waals surface area contributed by atoms with Crippen LogP contribution in [0.15, 0.2) is 18.2 Å². The molecule has 1 aromatic carbocycles. The van der Waals surface area contributed by atoms with Crippen molar-refractivity contribution < 1.29 is 14.3 Å². The maximum absolute atomic E-state index is 12.8. The van der Waals surface area contributed by atoms with E-state index in [4.69, 9.17) is 14.9 Å². The predicted octanol–water partition coefficient (Wildman–Crippen LogP) is 4.26. The van der Waals surface area contributed by atoms with Crippen LogP contribution >= 0.6 is 24.8 Å². The summed E-state index contributed by atoms with van der Waals surface area (Å²) < 4.78 is 10.6. The molecule has 3 rings (SSSR count). The van der Waals surface area contributed by atoms with Crippen LogP contribution in [0.4, 0.5) is 5.82 Å². The quantitative estimate of drug-likeness (QED) is 0.190. The minimum atomic E-state index is -0.296. The van der Waals surface area contributed by atoms with Gasteiger partial charge in [0.05, 0.1) is 11.6 Å². The SMILES string of the molecule is COCC(=N)N[C@@H]1CCCC[C@@H]1Nc1nc(C(=O)NCCCOC(C)C)nc2ccc(C)cc12.Cl.Cl. The monoisotopic (exact) mass is 542 g/mol. The molecule has 2 aromatic rings. The molecule has 1 fully saturated rings. The van der Waals surface area contributed by atoms with Gasteiger partial charge in [-0.2, -0.15) is 0 Å². The lowest BCUT2D eigenvalue weighted by Gasteiger charge is -2.34. The Bertz CT molecular complexity index is 992. The Morgan fingerprint density at radius 3 is 2.58 bits per heavy atom. The summed E-state index contributed by atoms with van der Waals surface area (Å²) in [5.41, 5.74) is 1.82. The summed E-state index contributed by atoms with van der Waals surface area (Å²) in [6.07, 6.45) is 5.01. The Labute approximate surface area is 226 Å². The van der Waals surface area contributed by atoms with Crippen LogP contribution in [0.5, 0.6) is 0 Å². The number of hydrogen-bond donors (Lipinski definition) is 4. The van der Waals surface area contributed by atoms with E-state index in [9.17, 15) is 4.79 Å². The van der Waals surface area contributed by atoms with Crippen LogP contribution in [0, 0.1) is 12.3 Å². The van der Waals surface area contributed by atoms with Gasteiger partial charge in [-0.3, -0.25) is 10.2 Å². The van der Waals surface area contributed by atoms with Gasteiger partial charge in [-0.1, -0.05) is 24.5 Å². The lowest BCUT2D eigenvalue weighted by Crippen LogP contribution is -2.49. The van der Waals surface area contributed by atoms with Crippen molar-refractivity contribution in [2.45, 2.75) is 71.1 Å². The number of halogens is 2. The molecule has 0 bridgehead atoms. The number of nitrogens with one attached hydrogen (secondary N) is 4. The number of benzene rings is 1. The number of rotatable bonds is 11. The van der Waals surface area contributed by atoms with E-state index >= 15 is 0 Å². The number of aryl methyl sites for hydroxylation is 1. The smallest absolute Gasteiger partial charge is 0.289 e. The zero-order valence-corrected chi connectivity index (χ0v) is 23.2. The van der Waals surface area contributed by atoms with E-state index in [-0.39, 0.29) is 61.3 Å². The highest BCUT2D eigenvalue weighted by Gasteiger charge is 2.27. The summed E-state index contributed by atoms with van der Waals surface area (Å²) in [6, 6.07) is 6.12. The van der Waals surface area contributed by atoms with E-state index in [1.54, 1.807) is 7.11 Å². The molecule has 4 N–H and O–H groups in total. The molecule has 0 spiro atoms. The Hall–Kier alpha value is -2.20. The van der Waals surface area contributed by atoms with Gasteiger partial charge in [0.1, 0.15) is 18.3 Å². The van der Waals surface area contributed by atoms with Crippen LogP contribution in [0.2, 0.25) is 0 Å². The first-order valence-electron chi connectivity index (χ1n) is 12.1. The van der Waals surface area contributed by atoms with Crippen molar-refractivity contribution in [3.8, 4) is 0 Å². The highest BCUT2D eigenvalue weighted by molar-refractivity contribution is 5.96. The largest absolute Gasteiger partial charge is 0.379 e. The van der Waals surface area contributed by atoms with Crippen molar-refractivity contribution in [2.75, 3.05) is 32.2 Å². The van der Waals surface area contributed by atoms with Gasteiger partial charge in [0.15, 0.2) is 0 Å². The van der Waals surface area contributed by atoms with E-state index in [1.807, 2.05) is 39.0 Å². The van der Waals surface area contributed by atoms with E-state index in [2.05, 4.69) is 25.9 Å². The lowest BCUT2D eigenvalue weighted by molar-refractivity contribution is 0.0756. The third kappa shape index (κ3) is 9.35. The Balaban J connectivity index is 0.00000324. The number of fused-ring (bicyclic) bond motifs is 1. The Morgan fingerprint density at radius 2 is 1.89 bits per heavy atom. The van der Waals surface area contributed by atoms with Crippen LogP contribution < -0.4 is 16.0 Å². The number of anilines is 1. The highest BCUT2D eigenvalue weighted by Crippen LogP contribution is 2.27. The maximum Gasteiger partial charge on any atom is 0.289 e. The van der Waals surface area contributed by atoms with E-state index in [0.717, 1.165) is 48.6 Å². The second kappa shape index (κ2) is 15.8. The van der Waals surface area contributed by atoms with Gasteiger partial charge < -0.3 is 25.4 Å². The molecule has 1 amide bonds. The second-order valence-electron chi connectivity index (χ2n) is 9.14. The molecule has 0 unspecified atom stereocenters. The minimum absolute atomic E-state index is 0. The molecular weight excluding hydrogens is 503 g/mol. The first kappa shape index (κ1) is 31.8. The summed E-state index contributed by atoms with van der Waals surface area (Å²) in [7, 11) is 1.59. The molecule has 1 aromatic heterocycles. The normalized spacial score (nSPS) is 17.1. The van der Waals surface area contributed by atoms with Gasteiger partial charge in [-0.25, -0.2) is 9.97 Å². The summed E-state index contributed by atoms with van der Waals surface area (Å²) in [6.45, 7) is 7.36. The molecule has 36 heavy (non-hydrogen) atoms. The van der Waals surface area contributed by atoms with Crippen molar-refractivity contribution in [1.82, 2.24) is 20.6 Å². The Kier molecular flexibility index (Phi) is 14.0. The average molecular weight is 544 g/mol. The molecule has 0 saturated heterocycles. The number of hydrogen-bond acceptors (Lipinski definition) is 7. The summed E-state index contributed by atoms with van der Waals surface area (Å²) in [5.74, 6) is 0.872. The van der Waals surface area contributed by atoms with E-state index in [0.29, 0.717) is 24.8 Å². The zero-order chi connectivity index (χ0) is 24.5. The third-order valence-electron chi connectivity index (χ3n) is 5.85. The fourth-order valence-electron chi connectivity index (χ4n) is 4.19. The van der Waals surface area contributed by atoms with Gasteiger partial charge in [0.25, 0.3) is 5.91 Å². The molecule has 2 atom stereocenters. The average Bonchev–Trinajstić information content (AvgIpc) is 2.80. The first-order valence-corrected chi connectivity index (χ1v) is 12.1. The van der Waals surface area contributed by atoms with Gasteiger partial charge in [0, 0.05) is 37.7 Å². The molecule has 9 nitrogen and oxygen atoms in total. The number of amidine groups is 1. The molecule has 1 heterocycles. The number of aromatic nitrogens is 2. The van der Waals surface area contributed by atoms with Crippen LogP contribution in [0.25, 0.3) is 10.9 Å². The number of carbonyl (C=O) groups is 1. The fourth-order valence-corrected chi connectivity index (χ4v) is 4.19. The van der Waals surface area contributed by atoms with Crippen LogP contribution in [-0.4, -0.2) is 66.8 Å². The molecular formula is C25H40Cl2N6O3. The van der Waals surface area contributed by atoms with Crippen LogP contribution in [0.1, 0.15) is 62.1 Å². The molecule has 0 aliphatic heterocycles. The first-order chi connectivity index (χ1) is 16.4. The van der Waals surface area contributed by atoms with Crippen molar-refractivity contribution in [1.29, 1.82) is 5.41 Å². The van der Waals surface area contributed by atoms with Crippen molar-refractivity contribution in [3.05, 3.63) is 29.6 Å². The van der Waals surface area contributed by atoms with E-state index < -0.39 is 0 Å². The number of carbonyl (C=O) groups excluding carboxylic acids is 1. The van der Waals surface area contributed by atoms with Crippen molar-refractivity contribution >= 4 is 53.3 Å². The van der Waals surface area contributed by atoms with Crippen LogP contribution in [0.3, 0.4) is 0 Å². The van der Waals surface area contributed by atoms with Gasteiger partial charge in [-0.15, -0.1) is 24.8 Å². The summed E-state index contributed by atoms with van der Waals surface area (Å²) in [4.78, 5) is 22.0. The molecule has 202 valence electrons. The minimum Gasteiger partial charge on any atom is -0.379 e. The van der Waals surface area contributed by atoms with Crippen LogP contribution in [-0.2, 0) is 9.47 Å². The van der Waals surface area contributed by atoms with Gasteiger partial charge in [-0.05, 0) is 52.2 Å². The summed E-state index contributed by atoms with van der Waals surface area (Å²) >= 11 is 0. The Morgan fingerprint density at radius 1 is 1.17 bits per heavy atom. The number of methoxy groups -OCH3 is 1. The molecule has 1 aliphatic rings. The molecule has 1 aliphatic carbocycles. The third-order valence-corrected chi connectivity index (χ3v) is 5.85. The number of nitrogens with zero attached hydrogens (tertiary/aromatic N) is 2. The van der Waals surface area contributed by atoms with Gasteiger partial charge >= 0.3 is 0 Å². The second-order valence-corrected chi connectivity index (χ2v) is 9.14. The summed E-state index contributed by atoms with van der Waals surface area (Å²) in [5, 5.41) is 18.8. The molecule has 1 saturated carbocycles. The van der Waals surface area contributed by atoms with E-state index in [1.165, 1.54) is 0 Å². The lowest BCUT2D eigenvalue weighted by atomic mass is 9.90. The fraction of sp³-hybridized carbons (Fsp3) is 0.600. The molecule has 0 radical (unpaired) electrons. The number of ether oxygens (including phenoxy) is 2. The standard InChI is InChI=1S/C25H38N6O3.2ClH/c1-16(2)34-13-7-12-27-25(32)24-29-19-11-10-17(3)14-18(19)23(31-24)30-21-9-6-5-8-20(21)28-22(26)15-33-4;;/h10-11,14,16,20-21H,5-9,12-13,15H2,1-4H3,(H2,26,28)(H,27,32)(H,29,30,31);2*1H/t20-,21+;;/m1../s1. The topological polar surface area (TPSA) is 121 Å².